The minimum absolute atomic E-state index is 0.290. The summed E-state index contributed by atoms with van der Waals surface area (Å²) in [6.45, 7) is 0.290. The molecule has 0 aromatic carbocycles. The van der Waals surface area contributed by atoms with Crippen LogP contribution in [-0.2, 0) is 4.74 Å². The predicted octanol–water partition coefficient (Wildman–Crippen LogP) is 1.47. The highest BCUT2D eigenvalue weighted by atomic mass is 127. The lowest BCUT2D eigenvalue weighted by atomic mass is 10.1. The third kappa shape index (κ3) is 2.58. The molecule has 0 radical (unpaired) electrons. The first-order valence-corrected chi connectivity index (χ1v) is 4.79. The van der Waals surface area contributed by atoms with Gasteiger partial charge in [0.2, 0.25) is 5.95 Å². The zero-order valence-corrected chi connectivity index (χ0v) is 9.29. The Kier molecular flexibility index (Phi) is 4.01. The van der Waals surface area contributed by atoms with Gasteiger partial charge in [0, 0.05) is 22.4 Å². The van der Waals surface area contributed by atoms with Crippen LogP contribution in [0.1, 0.15) is 11.6 Å². The van der Waals surface area contributed by atoms with E-state index < -0.39 is 12.0 Å². The van der Waals surface area contributed by atoms with Gasteiger partial charge in [0.1, 0.15) is 0 Å². The van der Waals surface area contributed by atoms with Gasteiger partial charge >= 0.3 is 0 Å². The Balaban J connectivity index is 2.98. The molecule has 13 heavy (non-hydrogen) atoms. The summed E-state index contributed by atoms with van der Waals surface area (Å²) in [5.74, 6) is -0.517. The second kappa shape index (κ2) is 4.83. The van der Waals surface area contributed by atoms with Crippen LogP contribution in [-0.4, -0.2) is 18.7 Å². The molecule has 0 saturated heterocycles. The van der Waals surface area contributed by atoms with E-state index in [0.717, 1.165) is 3.57 Å². The molecule has 72 valence electrons. The molecule has 1 heterocycles. The summed E-state index contributed by atoms with van der Waals surface area (Å²) < 4.78 is 18.8. The van der Waals surface area contributed by atoms with E-state index in [9.17, 15) is 4.39 Å². The van der Waals surface area contributed by atoms with Crippen LogP contribution in [0.15, 0.2) is 12.3 Å². The summed E-state index contributed by atoms with van der Waals surface area (Å²) >= 11 is 2.03. The van der Waals surface area contributed by atoms with E-state index in [1.165, 1.54) is 13.3 Å². The molecule has 0 amide bonds. The lowest BCUT2D eigenvalue weighted by Gasteiger charge is -2.12. The summed E-state index contributed by atoms with van der Waals surface area (Å²) in [7, 11) is 1.53. The number of ether oxygens (including phenoxy) is 1. The molecule has 1 rings (SSSR count). The second-order valence-electron chi connectivity index (χ2n) is 2.56. The summed E-state index contributed by atoms with van der Waals surface area (Å²) in [5, 5.41) is 0. The lowest BCUT2D eigenvalue weighted by Crippen LogP contribution is -2.19. The fourth-order valence-corrected chi connectivity index (χ4v) is 1.80. The van der Waals surface area contributed by atoms with Gasteiger partial charge in [-0.15, -0.1) is 0 Å². The fourth-order valence-electron chi connectivity index (χ4n) is 1.02. The predicted molar refractivity (Wildman–Crippen MR) is 55.7 cm³/mol. The van der Waals surface area contributed by atoms with Gasteiger partial charge in [-0.25, -0.2) is 4.98 Å². The average Bonchev–Trinajstić information content (AvgIpc) is 2.04. The first-order valence-electron chi connectivity index (χ1n) is 3.71. The van der Waals surface area contributed by atoms with Crippen LogP contribution in [0, 0.1) is 9.52 Å². The van der Waals surface area contributed by atoms with Crippen LogP contribution in [0.25, 0.3) is 0 Å². The van der Waals surface area contributed by atoms with E-state index in [1.807, 2.05) is 22.6 Å². The second-order valence-corrected chi connectivity index (χ2v) is 3.72. The fraction of sp³-hybridized carbons (Fsp3) is 0.375. The van der Waals surface area contributed by atoms with E-state index in [2.05, 4.69) is 4.98 Å². The number of nitrogens with zero attached hydrogens (tertiary/aromatic N) is 1. The summed E-state index contributed by atoms with van der Waals surface area (Å²) in [6.07, 6.45) is 1.42. The molecule has 1 aromatic rings. The van der Waals surface area contributed by atoms with Crippen LogP contribution in [0.4, 0.5) is 4.39 Å². The molecule has 0 aliphatic heterocycles. The topological polar surface area (TPSA) is 48.1 Å². The van der Waals surface area contributed by atoms with Crippen LogP contribution in [0.5, 0.6) is 0 Å². The number of hydrogen-bond donors (Lipinski definition) is 1. The van der Waals surface area contributed by atoms with E-state index in [0.29, 0.717) is 12.2 Å². The normalized spacial score (nSPS) is 12.9. The lowest BCUT2D eigenvalue weighted by molar-refractivity contribution is 0.179. The van der Waals surface area contributed by atoms with Crippen LogP contribution in [0.3, 0.4) is 0 Å². The maximum Gasteiger partial charge on any atom is 0.218 e. The largest absolute Gasteiger partial charge is 0.383 e. The standard InChI is InChI=1S/C8H10FIN2O/c1-13-4-6(11)7-5(10)2-3-12-8(7)9/h2-3,6H,4,11H2,1H3/t6-/m0/s1. The number of methoxy groups -OCH3 is 1. The Morgan fingerprint density at radius 2 is 2.46 bits per heavy atom. The number of hydrogen-bond acceptors (Lipinski definition) is 3. The molecule has 0 unspecified atom stereocenters. The van der Waals surface area contributed by atoms with E-state index in [-0.39, 0.29) is 0 Å². The summed E-state index contributed by atoms with van der Waals surface area (Å²) in [5.41, 5.74) is 6.12. The third-order valence-corrected chi connectivity index (χ3v) is 2.55. The minimum Gasteiger partial charge on any atom is -0.383 e. The summed E-state index contributed by atoms with van der Waals surface area (Å²) in [6, 6.07) is 1.26. The number of rotatable bonds is 3. The highest BCUT2D eigenvalue weighted by molar-refractivity contribution is 14.1. The maximum absolute atomic E-state index is 13.2. The molecule has 0 aliphatic carbocycles. The van der Waals surface area contributed by atoms with Crippen molar-refractivity contribution >= 4 is 22.6 Å². The van der Waals surface area contributed by atoms with Gasteiger partial charge in [0.05, 0.1) is 12.6 Å². The highest BCUT2D eigenvalue weighted by Gasteiger charge is 2.15. The van der Waals surface area contributed by atoms with Gasteiger partial charge in [-0.05, 0) is 28.7 Å². The van der Waals surface area contributed by atoms with Crippen molar-refractivity contribution in [3.8, 4) is 0 Å². The van der Waals surface area contributed by atoms with Crippen molar-refractivity contribution in [3.63, 3.8) is 0 Å². The molecule has 2 N–H and O–H groups in total. The first kappa shape index (κ1) is 10.8. The first-order chi connectivity index (χ1) is 6.16. The Hall–Kier alpha value is -0.270. The zero-order valence-electron chi connectivity index (χ0n) is 7.13. The maximum atomic E-state index is 13.2. The molecule has 3 nitrogen and oxygen atoms in total. The van der Waals surface area contributed by atoms with Gasteiger partial charge in [-0.2, -0.15) is 4.39 Å². The summed E-state index contributed by atoms with van der Waals surface area (Å²) in [4.78, 5) is 3.54. The van der Waals surface area contributed by atoms with Crippen molar-refractivity contribution < 1.29 is 9.13 Å². The third-order valence-electron chi connectivity index (χ3n) is 1.61. The number of pyridine rings is 1. The number of halogens is 2. The number of aromatic nitrogens is 1. The monoisotopic (exact) mass is 296 g/mol. The Morgan fingerprint density at radius 1 is 1.77 bits per heavy atom. The Morgan fingerprint density at radius 3 is 3.00 bits per heavy atom. The Bertz CT molecular complexity index is 275. The van der Waals surface area contributed by atoms with Crippen molar-refractivity contribution in [2.45, 2.75) is 6.04 Å². The van der Waals surface area contributed by atoms with Gasteiger partial charge in [-0.1, -0.05) is 0 Å². The van der Waals surface area contributed by atoms with Gasteiger partial charge in [0.15, 0.2) is 0 Å². The van der Waals surface area contributed by atoms with Crippen molar-refractivity contribution in [1.82, 2.24) is 4.98 Å². The molecule has 5 heteroatoms. The zero-order chi connectivity index (χ0) is 9.84. The molecule has 1 atom stereocenters. The van der Waals surface area contributed by atoms with Crippen molar-refractivity contribution in [1.29, 1.82) is 0 Å². The highest BCUT2D eigenvalue weighted by Crippen LogP contribution is 2.20. The molecule has 1 aromatic heterocycles. The van der Waals surface area contributed by atoms with Crippen molar-refractivity contribution in [2.75, 3.05) is 13.7 Å². The molecule has 0 fully saturated rings. The van der Waals surface area contributed by atoms with Crippen molar-refractivity contribution in [3.05, 3.63) is 27.3 Å². The van der Waals surface area contributed by atoms with E-state index in [4.69, 9.17) is 10.5 Å². The SMILES string of the molecule is COC[C@H](N)c1c(I)ccnc1F. The van der Waals surface area contributed by atoms with Gasteiger partial charge in [-0.3, -0.25) is 0 Å². The van der Waals surface area contributed by atoms with E-state index in [1.54, 1.807) is 6.07 Å². The smallest absolute Gasteiger partial charge is 0.218 e. The molecule has 0 saturated carbocycles. The Labute approximate surface area is 89.6 Å². The average molecular weight is 296 g/mol. The quantitative estimate of drug-likeness (QED) is 0.679. The van der Waals surface area contributed by atoms with E-state index >= 15 is 0 Å². The molecule has 0 spiro atoms. The molecular weight excluding hydrogens is 286 g/mol. The van der Waals surface area contributed by atoms with Gasteiger partial charge in [0.25, 0.3) is 0 Å². The van der Waals surface area contributed by atoms with Crippen molar-refractivity contribution in [2.24, 2.45) is 5.73 Å². The number of nitrogens with two attached hydrogens (primary N) is 1. The molecular formula is C8H10FIN2O. The molecule has 0 bridgehead atoms. The van der Waals surface area contributed by atoms with Crippen LogP contribution >= 0.6 is 22.6 Å². The molecule has 0 aliphatic rings. The van der Waals surface area contributed by atoms with Crippen LogP contribution < -0.4 is 5.73 Å². The van der Waals surface area contributed by atoms with Crippen LogP contribution in [0.2, 0.25) is 0 Å². The van der Waals surface area contributed by atoms with Gasteiger partial charge < -0.3 is 10.5 Å². The minimum atomic E-state index is -0.517.